The quantitative estimate of drug-likeness (QED) is 0.785. The van der Waals surface area contributed by atoms with E-state index in [1.807, 2.05) is 6.92 Å². The van der Waals surface area contributed by atoms with Crippen LogP contribution < -0.4 is 10.6 Å². The first-order chi connectivity index (χ1) is 12.0. The summed E-state index contributed by atoms with van der Waals surface area (Å²) in [4.78, 5) is 32.4. The molecule has 0 bridgehead atoms. The van der Waals surface area contributed by atoms with Gasteiger partial charge in [-0.25, -0.2) is 14.8 Å². The van der Waals surface area contributed by atoms with E-state index in [1.54, 1.807) is 37.3 Å². The van der Waals surface area contributed by atoms with Gasteiger partial charge >= 0.3 is 5.97 Å². The van der Waals surface area contributed by atoms with Crippen molar-refractivity contribution >= 4 is 23.5 Å². The van der Waals surface area contributed by atoms with Gasteiger partial charge in [0.05, 0.1) is 12.2 Å². The number of ether oxygens (including phenoxy) is 1. The van der Waals surface area contributed by atoms with Gasteiger partial charge in [-0.15, -0.1) is 0 Å². The zero-order valence-electron chi connectivity index (χ0n) is 14.2. The summed E-state index contributed by atoms with van der Waals surface area (Å²) in [7, 11) is 0. The molecule has 1 heterocycles. The van der Waals surface area contributed by atoms with Gasteiger partial charge < -0.3 is 15.4 Å². The number of aryl methyl sites for hydroxylation is 1. The molecule has 0 spiro atoms. The second-order valence-corrected chi connectivity index (χ2v) is 5.89. The first-order valence-electron chi connectivity index (χ1n) is 8.26. The number of nitrogens with zero attached hydrogens (tertiary/aromatic N) is 2. The topological polar surface area (TPSA) is 93.2 Å². The minimum absolute atomic E-state index is 0.186. The Hall–Kier alpha value is -2.96. The minimum Gasteiger partial charge on any atom is -0.462 e. The van der Waals surface area contributed by atoms with Crippen molar-refractivity contribution in [1.29, 1.82) is 0 Å². The molecule has 0 atom stereocenters. The maximum atomic E-state index is 12.2. The number of nitrogens with one attached hydrogen (secondary N) is 2. The Morgan fingerprint density at radius 1 is 1.20 bits per heavy atom. The SMILES string of the molecule is CCOC(=O)c1ccc(Nc2nc(C)cc(C(=O)NC3CC3)n2)cc1. The molecule has 0 saturated heterocycles. The molecule has 2 aromatic rings. The number of carbonyl (C=O) groups is 2. The van der Waals surface area contributed by atoms with E-state index in [2.05, 4.69) is 20.6 Å². The zero-order chi connectivity index (χ0) is 17.8. The van der Waals surface area contributed by atoms with Crippen LogP contribution in [0.2, 0.25) is 0 Å². The van der Waals surface area contributed by atoms with Crippen LogP contribution in [0.15, 0.2) is 30.3 Å². The van der Waals surface area contributed by atoms with Gasteiger partial charge in [-0.1, -0.05) is 0 Å². The van der Waals surface area contributed by atoms with Gasteiger partial charge in [0.1, 0.15) is 5.69 Å². The molecule has 130 valence electrons. The molecule has 7 heteroatoms. The van der Waals surface area contributed by atoms with Crippen molar-refractivity contribution in [2.75, 3.05) is 11.9 Å². The highest BCUT2D eigenvalue weighted by Gasteiger charge is 2.24. The van der Waals surface area contributed by atoms with E-state index in [0.29, 0.717) is 35.2 Å². The number of carbonyl (C=O) groups excluding carboxylic acids is 2. The third kappa shape index (κ3) is 4.53. The minimum atomic E-state index is -0.361. The molecule has 3 rings (SSSR count). The van der Waals surface area contributed by atoms with Gasteiger partial charge in [-0.3, -0.25) is 4.79 Å². The van der Waals surface area contributed by atoms with Crippen LogP contribution in [-0.2, 0) is 4.74 Å². The maximum Gasteiger partial charge on any atom is 0.338 e. The molecule has 25 heavy (non-hydrogen) atoms. The Morgan fingerprint density at radius 3 is 2.56 bits per heavy atom. The molecule has 7 nitrogen and oxygen atoms in total. The van der Waals surface area contributed by atoms with Gasteiger partial charge in [-0.05, 0) is 57.0 Å². The Bertz CT molecular complexity index is 785. The number of hydrogen-bond acceptors (Lipinski definition) is 6. The summed E-state index contributed by atoms with van der Waals surface area (Å²) >= 11 is 0. The fourth-order valence-corrected chi connectivity index (χ4v) is 2.26. The third-order valence-corrected chi connectivity index (χ3v) is 3.65. The van der Waals surface area contributed by atoms with Gasteiger partial charge in [0.25, 0.3) is 5.91 Å². The van der Waals surface area contributed by atoms with E-state index in [9.17, 15) is 9.59 Å². The second kappa shape index (κ2) is 7.29. The van der Waals surface area contributed by atoms with Crippen molar-refractivity contribution in [3.8, 4) is 0 Å². The molecule has 0 aliphatic heterocycles. The van der Waals surface area contributed by atoms with E-state index in [4.69, 9.17) is 4.74 Å². The maximum absolute atomic E-state index is 12.2. The van der Waals surface area contributed by atoms with Gasteiger partial charge in [0.2, 0.25) is 5.95 Å². The Kier molecular flexibility index (Phi) is 4.92. The molecule has 1 aromatic heterocycles. The fraction of sp³-hybridized carbons (Fsp3) is 0.333. The highest BCUT2D eigenvalue weighted by molar-refractivity contribution is 5.93. The van der Waals surface area contributed by atoms with Crippen LogP contribution >= 0.6 is 0 Å². The van der Waals surface area contributed by atoms with Gasteiger partial charge in [-0.2, -0.15) is 0 Å². The van der Waals surface area contributed by atoms with Crippen LogP contribution in [0, 0.1) is 6.92 Å². The molecule has 1 fully saturated rings. The first kappa shape index (κ1) is 16.9. The van der Waals surface area contributed by atoms with Crippen LogP contribution in [0.3, 0.4) is 0 Å². The Balaban J connectivity index is 1.72. The van der Waals surface area contributed by atoms with Crippen molar-refractivity contribution in [3.63, 3.8) is 0 Å². The van der Waals surface area contributed by atoms with Crippen molar-refractivity contribution in [3.05, 3.63) is 47.3 Å². The highest BCUT2D eigenvalue weighted by atomic mass is 16.5. The monoisotopic (exact) mass is 340 g/mol. The highest BCUT2D eigenvalue weighted by Crippen LogP contribution is 2.20. The normalized spacial score (nSPS) is 13.2. The summed E-state index contributed by atoms with van der Waals surface area (Å²) in [5.74, 6) is -0.210. The zero-order valence-corrected chi connectivity index (χ0v) is 14.2. The second-order valence-electron chi connectivity index (χ2n) is 5.89. The predicted molar refractivity (Wildman–Crippen MR) is 92.9 cm³/mol. The molecule has 1 aliphatic rings. The van der Waals surface area contributed by atoms with Crippen LogP contribution in [0.1, 0.15) is 46.3 Å². The summed E-state index contributed by atoms with van der Waals surface area (Å²) in [6, 6.07) is 8.74. The van der Waals surface area contributed by atoms with Crippen LogP contribution in [0.4, 0.5) is 11.6 Å². The van der Waals surface area contributed by atoms with E-state index in [-0.39, 0.29) is 17.9 Å². The smallest absolute Gasteiger partial charge is 0.338 e. The number of hydrogen-bond donors (Lipinski definition) is 2. The van der Waals surface area contributed by atoms with Crippen molar-refractivity contribution < 1.29 is 14.3 Å². The molecular weight excluding hydrogens is 320 g/mol. The lowest BCUT2D eigenvalue weighted by Gasteiger charge is -2.09. The Morgan fingerprint density at radius 2 is 1.92 bits per heavy atom. The van der Waals surface area contributed by atoms with E-state index < -0.39 is 0 Å². The lowest BCUT2D eigenvalue weighted by Crippen LogP contribution is -2.26. The molecule has 1 aromatic carbocycles. The average molecular weight is 340 g/mol. The first-order valence-corrected chi connectivity index (χ1v) is 8.26. The molecule has 2 N–H and O–H groups in total. The molecule has 1 amide bonds. The number of amides is 1. The summed E-state index contributed by atoms with van der Waals surface area (Å²) in [5.41, 5.74) is 2.22. The van der Waals surface area contributed by atoms with Gasteiger partial charge in [0.15, 0.2) is 0 Å². The number of esters is 1. The number of benzene rings is 1. The average Bonchev–Trinajstić information content (AvgIpc) is 3.39. The van der Waals surface area contributed by atoms with Crippen molar-refractivity contribution in [1.82, 2.24) is 15.3 Å². The number of anilines is 2. The lowest BCUT2D eigenvalue weighted by atomic mass is 10.2. The van der Waals surface area contributed by atoms with Crippen molar-refractivity contribution in [2.45, 2.75) is 32.7 Å². The largest absolute Gasteiger partial charge is 0.462 e. The van der Waals surface area contributed by atoms with E-state index >= 15 is 0 Å². The summed E-state index contributed by atoms with van der Waals surface area (Å²) in [5, 5.41) is 5.96. The van der Waals surface area contributed by atoms with E-state index in [0.717, 1.165) is 12.8 Å². The lowest BCUT2D eigenvalue weighted by molar-refractivity contribution is 0.0526. The summed E-state index contributed by atoms with van der Waals surface area (Å²) in [6.07, 6.45) is 2.04. The molecule has 0 unspecified atom stereocenters. The molecular formula is C18H20N4O3. The third-order valence-electron chi connectivity index (χ3n) is 3.65. The fourth-order valence-electron chi connectivity index (χ4n) is 2.26. The van der Waals surface area contributed by atoms with Crippen LogP contribution in [-0.4, -0.2) is 34.5 Å². The number of rotatable bonds is 6. The van der Waals surface area contributed by atoms with Crippen molar-refractivity contribution in [2.24, 2.45) is 0 Å². The molecule has 1 aliphatic carbocycles. The summed E-state index contributed by atoms with van der Waals surface area (Å²) in [6.45, 7) is 3.91. The predicted octanol–water partition coefficient (Wildman–Crippen LogP) is 2.60. The van der Waals surface area contributed by atoms with Crippen LogP contribution in [0.5, 0.6) is 0 Å². The summed E-state index contributed by atoms with van der Waals surface area (Å²) < 4.78 is 4.95. The number of aromatic nitrogens is 2. The van der Waals surface area contributed by atoms with Gasteiger partial charge in [0, 0.05) is 17.4 Å². The van der Waals surface area contributed by atoms with E-state index in [1.165, 1.54) is 0 Å². The van der Waals surface area contributed by atoms with Crippen LogP contribution in [0.25, 0.3) is 0 Å². The Labute approximate surface area is 145 Å². The standard InChI is InChI=1S/C18H20N4O3/c1-3-25-17(24)12-4-6-14(7-5-12)21-18-19-11(2)10-15(22-18)16(23)20-13-8-9-13/h4-7,10,13H,3,8-9H2,1-2H3,(H,20,23)(H,19,21,22). The molecule has 0 radical (unpaired) electrons. The molecule has 1 saturated carbocycles.